The van der Waals surface area contributed by atoms with Crippen LogP contribution in [-0.2, 0) is 22.4 Å². The predicted octanol–water partition coefficient (Wildman–Crippen LogP) is 2.79. The number of hydrogen-bond donors (Lipinski definition) is 0. The average molecular weight is 224 g/mol. The van der Waals surface area contributed by atoms with E-state index in [1.54, 1.807) is 25.2 Å². The van der Waals surface area contributed by atoms with Gasteiger partial charge in [-0.2, -0.15) is 0 Å². The van der Waals surface area contributed by atoms with Gasteiger partial charge in [0.2, 0.25) is 0 Å². The molecule has 0 spiro atoms. The summed E-state index contributed by atoms with van der Waals surface area (Å²) < 4.78 is 0. The van der Waals surface area contributed by atoms with Crippen molar-refractivity contribution in [3.63, 3.8) is 0 Å². The quantitative estimate of drug-likeness (QED) is 0.744. The van der Waals surface area contributed by atoms with Gasteiger partial charge in [0.1, 0.15) is 11.6 Å². The molecule has 0 aromatic carbocycles. The lowest BCUT2D eigenvalue weighted by atomic mass is 10.2. The van der Waals surface area contributed by atoms with Crippen LogP contribution in [0.3, 0.4) is 0 Å². The second-order valence-electron chi connectivity index (χ2n) is 3.77. The fraction of sp³-hybridized carbons (Fsp3) is 0.500. The molecule has 1 aromatic heterocycles. The zero-order chi connectivity index (χ0) is 11.3. The van der Waals surface area contributed by atoms with Crippen molar-refractivity contribution >= 4 is 22.9 Å². The first-order valence-corrected chi connectivity index (χ1v) is 5.96. The first-order chi connectivity index (χ1) is 7.08. The third kappa shape index (κ3) is 4.88. The van der Waals surface area contributed by atoms with E-state index in [0.717, 1.165) is 12.8 Å². The van der Waals surface area contributed by atoms with Gasteiger partial charge in [0.25, 0.3) is 0 Å². The molecular weight excluding hydrogens is 208 g/mol. The van der Waals surface area contributed by atoms with Crippen LogP contribution in [0.15, 0.2) is 12.1 Å². The summed E-state index contributed by atoms with van der Waals surface area (Å²) in [6.45, 7) is 3.23. The Morgan fingerprint density at radius 1 is 1.00 bits per heavy atom. The number of Topliss-reactive ketones (excluding diaryl/α,β-unsaturated/α-hetero) is 2. The standard InChI is InChI=1S/C12H16O2S/c1-9(13)3-5-11-7-8-12(15-11)6-4-10(2)14/h7-8H,3-6H2,1-2H3. The molecule has 15 heavy (non-hydrogen) atoms. The van der Waals surface area contributed by atoms with Crippen molar-refractivity contribution in [1.82, 2.24) is 0 Å². The highest BCUT2D eigenvalue weighted by atomic mass is 32.1. The number of carbonyl (C=O) groups excluding carboxylic acids is 2. The zero-order valence-electron chi connectivity index (χ0n) is 9.21. The first-order valence-electron chi connectivity index (χ1n) is 5.14. The number of thiophene rings is 1. The molecule has 0 radical (unpaired) electrons. The zero-order valence-corrected chi connectivity index (χ0v) is 10.0. The third-order valence-corrected chi connectivity index (χ3v) is 3.37. The van der Waals surface area contributed by atoms with Crippen LogP contribution in [0.2, 0.25) is 0 Å². The van der Waals surface area contributed by atoms with Gasteiger partial charge in [-0.05, 0) is 38.8 Å². The van der Waals surface area contributed by atoms with E-state index in [2.05, 4.69) is 12.1 Å². The Morgan fingerprint density at radius 3 is 1.73 bits per heavy atom. The van der Waals surface area contributed by atoms with Gasteiger partial charge >= 0.3 is 0 Å². The van der Waals surface area contributed by atoms with E-state index in [1.807, 2.05) is 0 Å². The topological polar surface area (TPSA) is 34.1 Å². The molecule has 3 heteroatoms. The molecule has 1 heterocycles. The Balaban J connectivity index is 2.41. The van der Waals surface area contributed by atoms with E-state index in [9.17, 15) is 9.59 Å². The molecule has 0 N–H and O–H groups in total. The van der Waals surface area contributed by atoms with Crippen LogP contribution >= 0.6 is 11.3 Å². The number of ketones is 2. The molecule has 0 unspecified atom stereocenters. The largest absolute Gasteiger partial charge is 0.300 e. The van der Waals surface area contributed by atoms with Gasteiger partial charge in [0, 0.05) is 22.6 Å². The summed E-state index contributed by atoms with van der Waals surface area (Å²) in [6, 6.07) is 4.12. The smallest absolute Gasteiger partial charge is 0.130 e. The fourth-order valence-corrected chi connectivity index (χ4v) is 2.31. The van der Waals surface area contributed by atoms with Crippen LogP contribution in [0.5, 0.6) is 0 Å². The van der Waals surface area contributed by atoms with E-state index in [-0.39, 0.29) is 11.6 Å². The predicted molar refractivity (Wildman–Crippen MR) is 62.3 cm³/mol. The van der Waals surface area contributed by atoms with Gasteiger partial charge in [-0.3, -0.25) is 0 Å². The van der Waals surface area contributed by atoms with Crippen LogP contribution in [0.1, 0.15) is 36.4 Å². The highest BCUT2D eigenvalue weighted by Gasteiger charge is 2.03. The minimum Gasteiger partial charge on any atom is -0.300 e. The normalized spacial score (nSPS) is 10.3. The van der Waals surface area contributed by atoms with Gasteiger partial charge < -0.3 is 9.59 Å². The summed E-state index contributed by atoms with van der Waals surface area (Å²) >= 11 is 1.71. The maximum atomic E-state index is 10.8. The lowest BCUT2D eigenvalue weighted by molar-refractivity contribution is -0.117. The molecule has 82 valence electrons. The molecule has 0 amide bonds. The third-order valence-electron chi connectivity index (χ3n) is 2.16. The van der Waals surface area contributed by atoms with Gasteiger partial charge in [0.05, 0.1) is 0 Å². The summed E-state index contributed by atoms with van der Waals surface area (Å²) in [6.07, 6.45) is 2.90. The Morgan fingerprint density at radius 2 is 1.40 bits per heavy atom. The van der Waals surface area contributed by atoms with E-state index < -0.39 is 0 Å². The van der Waals surface area contributed by atoms with Crippen LogP contribution in [0, 0.1) is 0 Å². The van der Waals surface area contributed by atoms with Crippen molar-refractivity contribution in [1.29, 1.82) is 0 Å². The van der Waals surface area contributed by atoms with E-state index in [1.165, 1.54) is 9.75 Å². The molecule has 0 fully saturated rings. The van der Waals surface area contributed by atoms with E-state index >= 15 is 0 Å². The average Bonchev–Trinajstić information content (AvgIpc) is 2.59. The number of rotatable bonds is 6. The Kier molecular flexibility index (Phi) is 4.69. The number of aryl methyl sites for hydroxylation is 2. The van der Waals surface area contributed by atoms with Crippen molar-refractivity contribution in [2.75, 3.05) is 0 Å². The van der Waals surface area contributed by atoms with Crippen molar-refractivity contribution < 1.29 is 9.59 Å². The van der Waals surface area contributed by atoms with Crippen LogP contribution in [0.4, 0.5) is 0 Å². The van der Waals surface area contributed by atoms with Crippen molar-refractivity contribution in [2.24, 2.45) is 0 Å². The molecular formula is C12H16O2S. The van der Waals surface area contributed by atoms with Gasteiger partial charge in [0.15, 0.2) is 0 Å². The molecule has 0 bridgehead atoms. The Hall–Kier alpha value is -0.960. The summed E-state index contributed by atoms with van der Waals surface area (Å²) in [4.78, 5) is 24.1. The molecule has 0 aliphatic carbocycles. The van der Waals surface area contributed by atoms with Crippen LogP contribution < -0.4 is 0 Å². The molecule has 1 aromatic rings. The van der Waals surface area contributed by atoms with Gasteiger partial charge in [-0.25, -0.2) is 0 Å². The Labute approximate surface area is 94.3 Å². The second-order valence-corrected chi connectivity index (χ2v) is 5.02. The molecule has 1 rings (SSSR count). The van der Waals surface area contributed by atoms with Gasteiger partial charge in [-0.1, -0.05) is 0 Å². The summed E-state index contributed by atoms with van der Waals surface area (Å²) in [5.74, 6) is 0.461. The summed E-state index contributed by atoms with van der Waals surface area (Å²) in [5, 5.41) is 0. The molecule has 0 saturated heterocycles. The Bertz CT molecular complexity index is 320. The molecule has 0 aliphatic rings. The lowest BCUT2D eigenvalue weighted by Gasteiger charge is -1.94. The minimum absolute atomic E-state index is 0.230. The lowest BCUT2D eigenvalue weighted by Crippen LogP contribution is -1.92. The SMILES string of the molecule is CC(=O)CCc1ccc(CCC(C)=O)s1. The number of hydrogen-bond acceptors (Lipinski definition) is 3. The highest BCUT2D eigenvalue weighted by Crippen LogP contribution is 2.19. The van der Waals surface area contributed by atoms with Crippen LogP contribution in [-0.4, -0.2) is 11.6 Å². The van der Waals surface area contributed by atoms with Crippen molar-refractivity contribution in [3.8, 4) is 0 Å². The molecule has 0 atom stereocenters. The molecule has 0 aliphatic heterocycles. The van der Waals surface area contributed by atoms with E-state index in [4.69, 9.17) is 0 Å². The monoisotopic (exact) mass is 224 g/mol. The number of carbonyl (C=O) groups is 2. The minimum atomic E-state index is 0.230. The summed E-state index contributed by atoms with van der Waals surface area (Å²) in [5.41, 5.74) is 0. The summed E-state index contributed by atoms with van der Waals surface area (Å²) in [7, 11) is 0. The van der Waals surface area contributed by atoms with Crippen molar-refractivity contribution in [3.05, 3.63) is 21.9 Å². The molecule has 0 saturated carbocycles. The fourth-order valence-electron chi connectivity index (χ4n) is 1.29. The maximum absolute atomic E-state index is 10.8. The van der Waals surface area contributed by atoms with Crippen LogP contribution in [0.25, 0.3) is 0 Å². The molecule has 2 nitrogen and oxygen atoms in total. The van der Waals surface area contributed by atoms with E-state index in [0.29, 0.717) is 12.8 Å². The van der Waals surface area contributed by atoms with Gasteiger partial charge in [-0.15, -0.1) is 11.3 Å². The van der Waals surface area contributed by atoms with Crippen molar-refractivity contribution in [2.45, 2.75) is 39.5 Å². The highest BCUT2D eigenvalue weighted by molar-refractivity contribution is 7.12. The first kappa shape index (κ1) is 12.1. The maximum Gasteiger partial charge on any atom is 0.130 e. The second kappa shape index (κ2) is 5.81.